The van der Waals surface area contributed by atoms with Crippen LogP contribution in [0.2, 0.25) is 0 Å². The van der Waals surface area contributed by atoms with Crippen molar-refractivity contribution in [2.75, 3.05) is 18.1 Å². The number of carboxylic acids is 1. The van der Waals surface area contributed by atoms with E-state index >= 15 is 0 Å². The molecular formula is C13H14N2O4S2. The maximum atomic E-state index is 11.9. The Kier molecular flexibility index (Phi) is 5.40. The molecule has 2 aromatic heterocycles. The second-order valence-corrected chi connectivity index (χ2v) is 6.11. The number of carbonyl (C=O) groups is 2. The van der Waals surface area contributed by atoms with Crippen LogP contribution in [-0.2, 0) is 4.79 Å². The molecule has 21 heavy (non-hydrogen) atoms. The Morgan fingerprint density at radius 3 is 2.95 bits per heavy atom. The fraction of sp³-hybridized carbons (Fsp3) is 0.308. The lowest BCUT2D eigenvalue weighted by atomic mass is 10.4. The largest absolute Gasteiger partial charge is 0.481 e. The van der Waals surface area contributed by atoms with Crippen LogP contribution in [0.3, 0.4) is 0 Å². The van der Waals surface area contributed by atoms with Gasteiger partial charge < -0.3 is 14.8 Å². The molecule has 8 heteroatoms. The Morgan fingerprint density at radius 1 is 1.48 bits per heavy atom. The summed E-state index contributed by atoms with van der Waals surface area (Å²) in [6, 6.07) is 3.66. The third-order valence-corrected chi connectivity index (χ3v) is 4.25. The highest BCUT2D eigenvalue weighted by Gasteiger charge is 2.13. The number of aliphatic carboxylic acids is 1. The molecule has 1 amide bonds. The molecule has 0 atom stereocenters. The molecule has 0 saturated carbocycles. The van der Waals surface area contributed by atoms with Crippen LogP contribution in [0.4, 0.5) is 0 Å². The zero-order valence-corrected chi connectivity index (χ0v) is 12.9. The van der Waals surface area contributed by atoms with Crippen molar-refractivity contribution in [3.63, 3.8) is 0 Å². The average molecular weight is 326 g/mol. The quantitative estimate of drug-likeness (QED) is 0.758. The minimum Gasteiger partial charge on any atom is -0.481 e. The summed E-state index contributed by atoms with van der Waals surface area (Å²) in [5, 5.41) is 13.5. The Labute approximate surface area is 129 Å². The lowest BCUT2D eigenvalue weighted by Gasteiger charge is -2.01. The summed E-state index contributed by atoms with van der Waals surface area (Å²) in [5.74, 6) is 0.900. The van der Waals surface area contributed by atoms with Crippen molar-refractivity contribution in [2.45, 2.75) is 6.92 Å². The summed E-state index contributed by atoms with van der Waals surface area (Å²) in [7, 11) is 0. The minimum absolute atomic E-state index is 0.0363. The molecule has 0 aliphatic carbocycles. The van der Waals surface area contributed by atoms with Crippen molar-refractivity contribution in [2.24, 2.45) is 0 Å². The minimum atomic E-state index is -0.857. The summed E-state index contributed by atoms with van der Waals surface area (Å²) in [6.45, 7) is 2.25. The van der Waals surface area contributed by atoms with Gasteiger partial charge in [0.1, 0.15) is 11.5 Å². The second kappa shape index (κ2) is 7.28. The highest BCUT2D eigenvalue weighted by Crippen LogP contribution is 2.25. The number of thiazole rings is 1. The zero-order chi connectivity index (χ0) is 15.2. The first-order valence-electron chi connectivity index (χ1n) is 6.16. The van der Waals surface area contributed by atoms with Crippen LogP contribution in [0.15, 0.2) is 21.9 Å². The van der Waals surface area contributed by atoms with Crippen LogP contribution in [-0.4, -0.2) is 40.0 Å². The van der Waals surface area contributed by atoms with Gasteiger partial charge in [-0.15, -0.1) is 23.1 Å². The molecule has 6 nitrogen and oxygen atoms in total. The highest BCUT2D eigenvalue weighted by molar-refractivity contribution is 7.99. The lowest BCUT2D eigenvalue weighted by Crippen LogP contribution is -2.26. The van der Waals surface area contributed by atoms with Crippen molar-refractivity contribution < 1.29 is 19.1 Å². The van der Waals surface area contributed by atoms with Gasteiger partial charge in [0.05, 0.1) is 5.75 Å². The van der Waals surface area contributed by atoms with E-state index in [1.165, 1.54) is 23.1 Å². The molecule has 2 aromatic rings. The molecule has 0 bridgehead atoms. The number of furan rings is 1. The monoisotopic (exact) mass is 326 g/mol. The fourth-order valence-electron chi connectivity index (χ4n) is 1.53. The van der Waals surface area contributed by atoms with E-state index in [1.807, 2.05) is 19.1 Å². The predicted molar refractivity (Wildman–Crippen MR) is 81.8 cm³/mol. The van der Waals surface area contributed by atoms with Gasteiger partial charge in [-0.25, -0.2) is 4.98 Å². The number of nitrogens with zero attached hydrogens (tertiary/aromatic N) is 1. The van der Waals surface area contributed by atoms with Crippen molar-refractivity contribution in [3.8, 4) is 10.8 Å². The van der Waals surface area contributed by atoms with Gasteiger partial charge in [-0.3, -0.25) is 9.59 Å². The number of thioether (sulfide) groups is 1. The van der Waals surface area contributed by atoms with Gasteiger partial charge in [0.15, 0.2) is 10.8 Å². The SMILES string of the molecule is Cc1ccc(-c2nc(C(=O)NCCSCC(=O)O)cs2)o1. The first-order valence-corrected chi connectivity index (χ1v) is 8.20. The Morgan fingerprint density at radius 2 is 2.29 bits per heavy atom. The Hall–Kier alpha value is -1.80. The highest BCUT2D eigenvalue weighted by atomic mass is 32.2. The summed E-state index contributed by atoms with van der Waals surface area (Å²) in [5.41, 5.74) is 0.340. The smallest absolute Gasteiger partial charge is 0.313 e. The molecule has 0 fully saturated rings. The van der Waals surface area contributed by atoms with Crippen LogP contribution in [0.25, 0.3) is 10.8 Å². The Balaban J connectivity index is 1.83. The molecule has 0 spiro atoms. The van der Waals surface area contributed by atoms with E-state index < -0.39 is 5.97 Å². The molecule has 0 aromatic carbocycles. The summed E-state index contributed by atoms with van der Waals surface area (Å²) < 4.78 is 5.46. The lowest BCUT2D eigenvalue weighted by molar-refractivity contribution is -0.133. The van der Waals surface area contributed by atoms with Gasteiger partial charge in [-0.05, 0) is 19.1 Å². The number of carbonyl (C=O) groups excluding carboxylic acids is 1. The molecule has 0 aliphatic heterocycles. The number of carboxylic acid groups (broad SMARTS) is 1. The van der Waals surface area contributed by atoms with Gasteiger partial charge in [0.25, 0.3) is 5.91 Å². The van der Waals surface area contributed by atoms with E-state index in [0.29, 0.717) is 28.8 Å². The van der Waals surface area contributed by atoms with E-state index in [-0.39, 0.29) is 11.7 Å². The molecule has 0 saturated heterocycles. The van der Waals surface area contributed by atoms with E-state index in [0.717, 1.165) is 5.76 Å². The van der Waals surface area contributed by atoms with Crippen LogP contribution >= 0.6 is 23.1 Å². The van der Waals surface area contributed by atoms with Crippen molar-refractivity contribution >= 4 is 35.0 Å². The number of aromatic nitrogens is 1. The second-order valence-electron chi connectivity index (χ2n) is 4.15. The third-order valence-electron chi connectivity index (χ3n) is 2.45. The standard InChI is InChI=1S/C13H14N2O4S2/c1-8-2-3-10(19-8)13-15-9(6-21-13)12(18)14-4-5-20-7-11(16)17/h2-3,6H,4-5,7H2,1H3,(H,14,18)(H,16,17). The number of hydrogen-bond acceptors (Lipinski definition) is 6. The molecule has 0 aliphatic rings. The first-order chi connectivity index (χ1) is 10.1. The van der Waals surface area contributed by atoms with Gasteiger partial charge in [0.2, 0.25) is 0 Å². The van der Waals surface area contributed by atoms with Gasteiger partial charge >= 0.3 is 5.97 Å². The zero-order valence-electron chi connectivity index (χ0n) is 11.3. The van der Waals surface area contributed by atoms with Crippen molar-refractivity contribution in [1.82, 2.24) is 10.3 Å². The van der Waals surface area contributed by atoms with Gasteiger partial charge in [-0.2, -0.15) is 0 Å². The van der Waals surface area contributed by atoms with Gasteiger partial charge in [-0.1, -0.05) is 0 Å². The molecule has 112 valence electrons. The predicted octanol–water partition coefficient (Wildman–Crippen LogP) is 2.26. The molecule has 0 unspecified atom stereocenters. The van der Waals surface area contributed by atoms with E-state index in [4.69, 9.17) is 9.52 Å². The maximum Gasteiger partial charge on any atom is 0.313 e. The normalized spacial score (nSPS) is 10.5. The summed E-state index contributed by atoms with van der Waals surface area (Å²) >= 11 is 2.60. The van der Waals surface area contributed by atoms with Crippen molar-refractivity contribution in [3.05, 3.63) is 29.0 Å². The number of rotatable bonds is 7. The molecule has 2 heterocycles. The van der Waals surface area contributed by atoms with E-state index in [9.17, 15) is 9.59 Å². The number of amides is 1. The first kappa shape index (κ1) is 15.6. The molecule has 0 radical (unpaired) electrons. The molecule has 2 N–H and O–H groups in total. The summed E-state index contributed by atoms with van der Waals surface area (Å²) in [4.78, 5) is 26.4. The van der Waals surface area contributed by atoms with E-state index in [1.54, 1.807) is 5.38 Å². The van der Waals surface area contributed by atoms with Crippen molar-refractivity contribution in [1.29, 1.82) is 0 Å². The van der Waals surface area contributed by atoms with Crippen LogP contribution in [0.1, 0.15) is 16.2 Å². The Bertz CT molecular complexity index is 636. The number of aryl methyl sites for hydroxylation is 1. The van der Waals surface area contributed by atoms with Crippen LogP contribution in [0.5, 0.6) is 0 Å². The maximum absolute atomic E-state index is 11.9. The van der Waals surface area contributed by atoms with E-state index in [2.05, 4.69) is 10.3 Å². The molecular weight excluding hydrogens is 312 g/mol. The van der Waals surface area contributed by atoms with Crippen LogP contribution in [0, 0.1) is 6.92 Å². The molecule has 2 rings (SSSR count). The average Bonchev–Trinajstić information content (AvgIpc) is 3.06. The number of nitrogens with one attached hydrogen (secondary N) is 1. The summed E-state index contributed by atoms with van der Waals surface area (Å²) in [6.07, 6.45) is 0. The fourth-order valence-corrected chi connectivity index (χ4v) is 2.85. The van der Waals surface area contributed by atoms with Gasteiger partial charge in [0, 0.05) is 17.7 Å². The third kappa shape index (κ3) is 4.61. The number of hydrogen-bond donors (Lipinski definition) is 2. The topological polar surface area (TPSA) is 92.4 Å². The van der Waals surface area contributed by atoms with Crippen LogP contribution < -0.4 is 5.32 Å².